The van der Waals surface area contributed by atoms with Crippen molar-refractivity contribution in [2.75, 3.05) is 7.11 Å². The van der Waals surface area contributed by atoms with Crippen molar-refractivity contribution in [1.29, 1.82) is 0 Å². The highest BCUT2D eigenvalue weighted by Crippen LogP contribution is 2.23. The Morgan fingerprint density at radius 1 is 0.806 bits per heavy atom. The highest BCUT2D eigenvalue weighted by atomic mass is 32.2. The third kappa shape index (κ3) is 6.41. The minimum Gasteiger partial charge on any atom is -0.469 e. The zero-order chi connectivity index (χ0) is 25.4. The summed E-state index contributed by atoms with van der Waals surface area (Å²) in [6, 6.07) is 25.4. The van der Waals surface area contributed by atoms with E-state index in [4.69, 9.17) is 4.74 Å². The zero-order valence-electron chi connectivity index (χ0n) is 19.9. The SMILES string of the molecule is COC(=O)CCc1cccc(CN(Cc2ccc(-c3ncccn3)cc2)S(=O)(=O)c2ccccc2)c1. The van der Waals surface area contributed by atoms with Crippen LogP contribution in [0.25, 0.3) is 11.4 Å². The van der Waals surface area contributed by atoms with Crippen molar-refractivity contribution in [2.24, 2.45) is 0 Å². The third-order valence-corrected chi connectivity index (χ3v) is 7.52. The fourth-order valence-corrected chi connectivity index (χ4v) is 5.25. The largest absolute Gasteiger partial charge is 0.469 e. The molecule has 1 heterocycles. The van der Waals surface area contributed by atoms with Crippen molar-refractivity contribution in [3.05, 3.63) is 114 Å². The summed E-state index contributed by atoms with van der Waals surface area (Å²) in [4.78, 5) is 20.3. The number of methoxy groups -OCH3 is 1. The number of hydrogen-bond acceptors (Lipinski definition) is 6. The Morgan fingerprint density at radius 2 is 1.47 bits per heavy atom. The molecule has 0 aliphatic carbocycles. The van der Waals surface area contributed by atoms with Crippen molar-refractivity contribution in [3.8, 4) is 11.4 Å². The van der Waals surface area contributed by atoms with Gasteiger partial charge in [-0.05, 0) is 41.3 Å². The van der Waals surface area contributed by atoms with Gasteiger partial charge in [-0.3, -0.25) is 4.79 Å². The lowest BCUT2D eigenvalue weighted by atomic mass is 10.1. The molecule has 0 radical (unpaired) electrons. The summed E-state index contributed by atoms with van der Waals surface area (Å²) in [5, 5.41) is 0. The second-order valence-electron chi connectivity index (χ2n) is 8.25. The van der Waals surface area contributed by atoms with Gasteiger partial charge in [-0.1, -0.05) is 66.7 Å². The number of hydrogen-bond donors (Lipinski definition) is 0. The summed E-state index contributed by atoms with van der Waals surface area (Å²) in [6.07, 6.45) is 4.16. The van der Waals surface area contributed by atoms with Gasteiger partial charge in [0.25, 0.3) is 0 Å². The number of carbonyl (C=O) groups excluding carboxylic acids is 1. The second-order valence-corrected chi connectivity index (χ2v) is 10.2. The topological polar surface area (TPSA) is 89.5 Å². The van der Waals surface area contributed by atoms with E-state index in [2.05, 4.69) is 9.97 Å². The molecule has 7 nitrogen and oxygen atoms in total. The molecule has 0 spiro atoms. The smallest absolute Gasteiger partial charge is 0.305 e. The van der Waals surface area contributed by atoms with Gasteiger partial charge in [0.05, 0.1) is 12.0 Å². The van der Waals surface area contributed by atoms with Crippen LogP contribution in [0.4, 0.5) is 0 Å². The van der Waals surface area contributed by atoms with Crippen molar-refractivity contribution >= 4 is 16.0 Å². The van der Waals surface area contributed by atoms with Gasteiger partial charge < -0.3 is 4.74 Å². The van der Waals surface area contributed by atoms with E-state index >= 15 is 0 Å². The molecular weight excluding hydrogens is 474 g/mol. The average molecular weight is 502 g/mol. The Bertz CT molecular complexity index is 1390. The molecular formula is C28H27N3O4S. The molecule has 4 aromatic rings. The number of benzene rings is 3. The summed E-state index contributed by atoms with van der Waals surface area (Å²) in [5.74, 6) is 0.333. The maximum absolute atomic E-state index is 13.6. The molecule has 0 saturated carbocycles. The van der Waals surface area contributed by atoms with Gasteiger partial charge in [0.1, 0.15) is 0 Å². The Kier molecular flexibility index (Phi) is 8.20. The molecule has 1 aromatic heterocycles. The number of rotatable bonds is 10. The van der Waals surface area contributed by atoms with Gasteiger partial charge in [-0.25, -0.2) is 18.4 Å². The highest BCUT2D eigenvalue weighted by molar-refractivity contribution is 7.89. The van der Waals surface area contributed by atoms with Crippen LogP contribution < -0.4 is 0 Å². The molecule has 0 bridgehead atoms. The second kappa shape index (κ2) is 11.7. The van der Waals surface area contributed by atoms with Crippen LogP contribution in [-0.4, -0.2) is 35.8 Å². The Morgan fingerprint density at radius 3 is 2.17 bits per heavy atom. The molecule has 36 heavy (non-hydrogen) atoms. The Balaban J connectivity index is 1.60. The van der Waals surface area contributed by atoms with Crippen LogP contribution in [0, 0.1) is 0 Å². The maximum atomic E-state index is 13.6. The van der Waals surface area contributed by atoms with Gasteiger partial charge in [0.2, 0.25) is 10.0 Å². The monoisotopic (exact) mass is 501 g/mol. The summed E-state index contributed by atoms with van der Waals surface area (Å²) < 4.78 is 33.4. The number of aryl methyl sites for hydroxylation is 1. The van der Waals surface area contributed by atoms with Crippen LogP contribution in [0.5, 0.6) is 0 Å². The molecule has 0 amide bonds. The van der Waals surface area contributed by atoms with E-state index in [0.29, 0.717) is 12.2 Å². The number of ether oxygens (including phenoxy) is 1. The lowest BCUT2D eigenvalue weighted by Crippen LogP contribution is -2.30. The van der Waals surface area contributed by atoms with Crippen molar-refractivity contribution in [3.63, 3.8) is 0 Å². The van der Waals surface area contributed by atoms with Crippen LogP contribution in [0.2, 0.25) is 0 Å². The predicted octanol–water partition coefficient (Wildman–Crippen LogP) is 4.64. The Labute approximate surface area is 211 Å². The van der Waals surface area contributed by atoms with Crippen molar-refractivity contribution < 1.29 is 17.9 Å². The quantitative estimate of drug-likeness (QED) is 0.294. The van der Waals surface area contributed by atoms with Gasteiger partial charge in [0.15, 0.2) is 5.82 Å². The highest BCUT2D eigenvalue weighted by Gasteiger charge is 2.25. The van der Waals surface area contributed by atoms with Crippen molar-refractivity contribution in [2.45, 2.75) is 30.8 Å². The van der Waals surface area contributed by atoms with E-state index < -0.39 is 10.0 Å². The molecule has 0 fully saturated rings. The Hall–Kier alpha value is -3.88. The van der Waals surface area contributed by atoms with E-state index in [0.717, 1.165) is 22.3 Å². The maximum Gasteiger partial charge on any atom is 0.305 e. The van der Waals surface area contributed by atoms with Gasteiger partial charge in [-0.15, -0.1) is 0 Å². The first-order chi connectivity index (χ1) is 17.5. The number of sulfonamides is 1. The first kappa shape index (κ1) is 25.2. The molecule has 8 heteroatoms. The molecule has 0 saturated heterocycles. The first-order valence-corrected chi connectivity index (χ1v) is 13.0. The van der Waals surface area contributed by atoms with E-state index in [-0.39, 0.29) is 30.4 Å². The number of carbonyl (C=O) groups is 1. The molecule has 0 N–H and O–H groups in total. The molecule has 184 valence electrons. The van der Waals surface area contributed by atoms with Crippen LogP contribution in [0.1, 0.15) is 23.1 Å². The predicted molar refractivity (Wildman–Crippen MR) is 137 cm³/mol. The normalized spacial score (nSPS) is 11.4. The first-order valence-electron chi connectivity index (χ1n) is 11.5. The van der Waals surface area contributed by atoms with E-state index in [9.17, 15) is 13.2 Å². The molecule has 3 aromatic carbocycles. The summed E-state index contributed by atoms with van der Waals surface area (Å²) in [5.41, 5.74) is 3.49. The minimum atomic E-state index is -3.77. The van der Waals surface area contributed by atoms with Crippen LogP contribution in [0.15, 0.2) is 102 Å². The zero-order valence-corrected chi connectivity index (χ0v) is 20.8. The van der Waals surface area contributed by atoms with Gasteiger partial charge in [0, 0.05) is 37.5 Å². The van der Waals surface area contributed by atoms with Crippen LogP contribution >= 0.6 is 0 Å². The summed E-state index contributed by atoms with van der Waals surface area (Å²) in [6.45, 7) is 0.381. The average Bonchev–Trinajstić information content (AvgIpc) is 2.93. The van der Waals surface area contributed by atoms with Crippen LogP contribution in [0.3, 0.4) is 0 Å². The molecule has 4 rings (SSSR count). The fourth-order valence-electron chi connectivity index (χ4n) is 3.81. The third-order valence-electron chi connectivity index (χ3n) is 5.71. The van der Waals surface area contributed by atoms with Crippen molar-refractivity contribution in [1.82, 2.24) is 14.3 Å². The molecule has 0 unspecified atom stereocenters. The molecule has 0 aliphatic heterocycles. The molecule has 0 aliphatic rings. The van der Waals surface area contributed by atoms with Gasteiger partial charge >= 0.3 is 5.97 Å². The van der Waals surface area contributed by atoms with Gasteiger partial charge in [-0.2, -0.15) is 4.31 Å². The van der Waals surface area contributed by atoms with E-state index in [1.165, 1.54) is 11.4 Å². The summed E-state index contributed by atoms with van der Waals surface area (Å²) in [7, 11) is -2.40. The minimum absolute atomic E-state index is 0.187. The fraction of sp³-hybridized carbons (Fsp3) is 0.179. The standard InChI is InChI=1S/C28H27N3O4S/c1-35-27(32)16-13-22-7-5-8-24(19-22)21-31(36(33,34)26-9-3-2-4-10-26)20-23-11-14-25(15-12-23)28-29-17-6-18-30-28/h2-12,14-15,17-19H,13,16,20-21H2,1H3. The lowest BCUT2D eigenvalue weighted by Gasteiger charge is -2.23. The summed E-state index contributed by atoms with van der Waals surface area (Å²) >= 11 is 0. The van der Waals surface area contributed by atoms with E-state index in [1.54, 1.807) is 48.8 Å². The lowest BCUT2D eigenvalue weighted by molar-refractivity contribution is -0.140. The number of esters is 1. The van der Waals surface area contributed by atoms with E-state index in [1.807, 2.05) is 48.5 Å². The number of aromatic nitrogens is 2. The van der Waals surface area contributed by atoms with Crippen LogP contribution in [-0.2, 0) is 39.1 Å². The molecule has 0 atom stereocenters. The number of nitrogens with zero attached hydrogens (tertiary/aromatic N) is 3.